The molecule has 108 valence electrons. The summed E-state index contributed by atoms with van der Waals surface area (Å²) >= 11 is 0. The lowest BCUT2D eigenvalue weighted by Gasteiger charge is -2.27. The largest absolute Gasteiger partial charge is 0.382 e. The second kappa shape index (κ2) is 5.02. The number of nitrogens with one attached hydrogen (secondary N) is 1. The van der Waals surface area contributed by atoms with E-state index in [0.717, 1.165) is 23.4 Å². The fraction of sp³-hybridized carbons (Fsp3) is 0.412. The number of allylic oxidation sites excluding steroid dienone is 2. The van der Waals surface area contributed by atoms with Gasteiger partial charge in [-0.15, -0.1) is 10.2 Å². The van der Waals surface area contributed by atoms with Gasteiger partial charge in [-0.05, 0) is 55.7 Å². The van der Waals surface area contributed by atoms with E-state index in [1.54, 1.807) is 12.7 Å². The highest BCUT2D eigenvalue weighted by Crippen LogP contribution is 2.45. The first kappa shape index (κ1) is 12.6. The second-order valence-electron chi connectivity index (χ2n) is 6.30. The maximum absolute atomic E-state index is 3.86. The van der Waals surface area contributed by atoms with E-state index in [2.05, 4.69) is 58.9 Å². The van der Waals surface area contributed by atoms with Crippen molar-refractivity contribution in [2.75, 3.05) is 5.32 Å². The van der Waals surface area contributed by atoms with E-state index in [9.17, 15) is 0 Å². The maximum Gasteiger partial charge on any atom is 0.123 e. The van der Waals surface area contributed by atoms with Crippen LogP contribution in [0.1, 0.15) is 19.8 Å². The van der Waals surface area contributed by atoms with Crippen LogP contribution in [0, 0.1) is 17.8 Å². The first-order chi connectivity index (χ1) is 10.3. The highest BCUT2D eigenvalue weighted by atomic mass is 15.2. The molecule has 4 heteroatoms. The zero-order chi connectivity index (χ0) is 14.2. The Labute approximate surface area is 124 Å². The molecule has 0 spiro atoms. The Kier molecular flexibility index (Phi) is 3.02. The molecule has 1 fully saturated rings. The summed E-state index contributed by atoms with van der Waals surface area (Å²) in [4.78, 5) is 0. The van der Waals surface area contributed by atoms with Crippen molar-refractivity contribution >= 4 is 5.69 Å². The molecule has 2 aliphatic carbocycles. The lowest BCUT2D eigenvalue weighted by atomic mass is 9.87. The van der Waals surface area contributed by atoms with Crippen molar-refractivity contribution in [1.82, 2.24) is 14.8 Å². The van der Waals surface area contributed by atoms with Gasteiger partial charge in [0.05, 0.1) is 5.69 Å². The fourth-order valence-electron chi connectivity index (χ4n) is 3.86. The van der Waals surface area contributed by atoms with E-state index in [-0.39, 0.29) is 0 Å². The second-order valence-corrected chi connectivity index (χ2v) is 6.30. The van der Waals surface area contributed by atoms with Crippen molar-refractivity contribution in [1.29, 1.82) is 0 Å². The molecule has 4 unspecified atom stereocenters. The predicted octanol–water partition coefficient (Wildman–Crippen LogP) is 3.28. The molecule has 1 aromatic carbocycles. The molecule has 1 aromatic heterocycles. The monoisotopic (exact) mass is 280 g/mol. The number of anilines is 1. The predicted molar refractivity (Wildman–Crippen MR) is 83.3 cm³/mol. The van der Waals surface area contributed by atoms with E-state index in [4.69, 9.17) is 0 Å². The normalized spacial score (nSPS) is 28.0. The summed E-state index contributed by atoms with van der Waals surface area (Å²) in [5.41, 5.74) is 2.26. The molecule has 1 saturated carbocycles. The third kappa shape index (κ3) is 2.35. The molecule has 0 saturated heterocycles. The number of hydrogen-bond acceptors (Lipinski definition) is 3. The first-order valence-corrected chi connectivity index (χ1v) is 7.69. The van der Waals surface area contributed by atoms with Crippen LogP contribution >= 0.6 is 0 Å². The minimum atomic E-state index is 0.501. The van der Waals surface area contributed by atoms with Crippen LogP contribution in [-0.4, -0.2) is 20.8 Å². The minimum absolute atomic E-state index is 0.501. The average Bonchev–Trinajstić information content (AvgIpc) is 3.24. The van der Waals surface area contributed by atoms with Crippen LogP contribution in [0.15, 0.2) is 49.1 Å². The van der Waals surface area contributed by atoms with Gasteiger partial charge in [0, 0.05) is 11.7 Å². The van der Waals surface area contributed by atoms with Gasteiger partial charge in [0.1, 0.15) is 12.7 Å². The van der Waals surface area contributed by atoms with E-state index >= 15 is 0 Å². The highest BCUT2D eigenvalue weighted by Gasteiger charge is 2.38. The summed E-state index contributed by atoms with van der Waals surface area (Å²) in [6.07, 6.45) is 11.0. The van der Waals surface area contributed by atoms with E-state index in [1.165, 1.54) is 18.5 Å². The number of rotatable bonds is 4. The average molecular weight is 280 g/mol. The van der Waals surface area contributed by atoms with Gasteiger partial charge >= 0.3 is 0 Å². The fourth-order valence-corrected chi connectivity index (χ4v) is 3.86. The number of benzene rings is 1. The van der Waals surface area contributed by atoms with Crippen molar-refractivity contribution in [2.45, 2.75) is 25.8 Å². The van der Waals surface area contributed by atoms with E-state index in [0.29, 0.717) is 6.04 Å². The maximum atomic E-state index is 3.86. The molecule has 0 radical (unpaired) electrons. The third-order valence-corrected chi connectivity index (χ3v) is 4.93. The van der Waals surface area contributed by atoms with Gasteiger partial charge in [-0.2, -0.15) is 0 Å². The molecular formula is C17H20N4. The molecule has 2 aliphatic rings. The van der Waals surface area contributed by atoms with Crippen LogP contribution in [0.2, 0.25) is 0 Å². The van der Waals surface area contributed by atoms with Crippen molar-refractivity contribution in [3.63, 3.8) is 0 Å². The van der Waals surface area contributed by atoms with Crippen LogP contribution in [-0.2, 0) is 0 Å². The van der Waals surface area contributed by atoms with E-state index < -0.39 is 0 Å². The summed E-state index contributed by atoms with van der Waals surface area (Å²) in [6, 6.07) is 8.93. The van der Waals surface area contributed by atoms with Crippen molar-refractivity contribution < 1.29 is 0 Å². The summed E-state index contributed by atoms with van der Waals surface area (Å²) in [5.74, 6) is 2.37. The minimum Gasteiger partial charge on any atom is -0.382 e. The van der Waals surface area contributed by atoms with Crippen LogP contribution in [0.25, 0.3) is 5.69 Å². The van der Waals surface area contributed by atoms with Crippen molar-refractivity contribution in [3.05, 3.63) is 49.1 Å². The van der Waals surface area contributed by atoms with Gasteiger partial charge in [-0.1, -0.05) is 18.2 Å². The number of aromatic nitrogens is 3. The standard InChI is InChI=1S/C17H20N4/c1-12(17-8-13-5-6-14(17)7-13)20-15-3-2-4-16(9-15)21-10-18-19-11-21/h2-6,9-14,17,20H,7-8H2,1H3. The van der Waals surface area contributed by atoms with Crippen LogP contribution in [0.4, 0.5) is 5.69 Å². The third-order valence-electron chi connectivity index (χ3n) is 4.93. The van der Waals surface area contributed by atoms with Gasteiger partial charge in [0.25, 0.3) is 0 Å². The first-order valence-electron chi connectivity index (χ1n) is 7.69. The smallest absolute Gasteiger partial charge is 0.123 e. The van der Waals surface area contributed by atoms with Gasteiger partial charge in [0.2, 0.25) is 0 Å². The Morgan fingerprint density at radius 2 is 2.05 bits per heavy atom. The lowest BCUT2D eigenvalue weighted by Crippen LogP contribution is -2.28. The Hall–Kier alpha value is -2.10. The Morgan fingerprint density at radius 3 is 2.76 bits per heavy atom. The van der Waals surface area contributed by atoms with Gasteiger partial charge in [-0.25, -0.2) is 0 Å². The molecule has 4 atom stereocenters. The Balaban J connectivity index is 1.49. The van der Waals surface area contributed by atoms with Gasteiger partial charge in [0.15, 0.2) is 0 Å². The molecule has 0 amide bonds. The van der Waals surface area contributed by atoms with Crippen molar-refractivity contribution in [3.8, 4) is 5.69 Å². The number of hydrogen-bond donors (Lipinski definition) is 1. The topological polar surface area (TPSA) is 42.7 Å². The quantitative estimate of drug-likeness (QED) is 0.874. The van der Waals surface area contributed by atoms with E-state index in [1.807, 2.05) is 4.57 Å². The number of nitrogens with zero attached hydrogens (tertiary/aromatic N) is 3. The molecule has 1 N–H and O–H groups in total. The highest BCUT2D eigenvalue weighted by molar-refractivity contribution is 5.51. The summed E-state index contributed by atoms with van der Waals surface area (Å²) in [6.45, 7) is 2.31. The molecular weight excluding hydrogens is 260 g/mol. The Bertz CT molecular complexity index is 647. The molecule has 21 heavy (non-hydrogen) atoms. The van der Waals surface area contributed by atoms with Gasteiger partial charge in [-0.3, -0.25) is 4.57 Å². The van der Waals surface area contributed by atoms with Crippen LogP contribution < -0.4 is 5.32 Å². The van der Waals surface area contributed by atoms with Gasteiger partial charge < -0.3 is 5.32 Å². The Morgan fingerprint density at radius 1 is 1.19 bits per heavy atom. The summed E-state index contributed by atoms with van der Waals surface area (Å²) < 4.78 is 1.93. The zero-order valence-corrected chi connectivity index (χ0v) is 12.2. The molecule has 2 aromatic rings. The molecule has 4 nitrogen and oxygen atoms in total. The summed E-state index contributed by atoms with van der Waals surface area (Å²) in [7, 11) is 0. The molecule has 2 bridgehead atoms. The molecule has 1 heterocycles. The van der Waals surface area contributed by atoms with Crippen LogP contribution in [0.5, 0.6) is 0 Å². The molecule has 0 aliphatic heterocycles. The molecule has 4 rings (SSSR count). The lowest BCUT2D eigenvalue weighted by molar-refractivity contribution is 0.400. The van der Waals surface area contributed by atoms with Crippen LogP contribution in [0.3, 0.4) is 0 Å². The number of fused-ring (bicyclic) bond motifs is 2. The zero-order valence-electron chi connectivity index (χ0n) is 12.2. The van der Waals surface area contributed by atoms with Crippen molar-refractivity contribution in [2.24, 2.45) is 17.8 Å². The SMILES string of the molecule is CC(Nc1cccc(-n2cnnc2)c1)C1CC2C=CC1C2. The summed E-state index contributed by atoms with van der Waals surface area (Å²) in [5, 5.41) is 11.4.